The summed E-state index contributed by atoms with van der Waals surface area (Å²) < 4.78 is 0. The predicted octanol–water partition coefficient (Wildman–Crippen LogP) is 10.1. The number of aryl methyl sites for hydroxylation is 2. The number of H-pyrrole nitrogens is 2. The normalized spacial score (nSPS) is 13.7. The van der Waals surface area contributed by atoms with Gasteiger partial charge in [0, 0.05) is 44.3 Å². The number of nitrogens with zero attached hydrogens (tertiary/aromatic N) is 2. The summed E-state index contributed by atoms with van der Waals surface area (Å²) in [5.74, 6) is 0. The molecule has 0 fully saturated rings. The molecule has 0 aliphatic carbocycles. The second-order valence-corrected chi connectivity index (χ2v) is 12.5. The number of unbranched alkanes of at least 4 members (excludes halogenated alkanes) is 6. The quantitative estimate of drug-likeness (QED) is 0.0653. The highest BCUT2D eigenvalue weighted by molar-refractivity contribution is 5.83. The lowest BCUT2D eigenvalue weighted by Gasteiger charge is -2.11. The minimum Gasteiger partial charge on any atom is -0.388 e. The van der Waals surface area contributed by atoms with Gasteiger partial charge in [0.25, 0.3) is 0 Å². The molecule has 0 spiro atoms. The van der Waals surface area contributed by atoms with Crippen LogP contribution in [0.15, 0.2) is 49.6 Å². The van der Waals surface area contributed by atoms with Crippen molar-refractivity contribution in [3.8, 4) is 0 Å². The van der Waals surface area contributed by atoms with Crippen molar-refractivity contribution < 1.29 is 10.2 Å². The van der Waals surface area contributed by atoms with Gasteiger partial charge in [-0.25, -0.2) is 9.97 Å². The van der Waals surface area contributed by atoms with E-state index in [0.29, 0.717) is 12.8 Å². The topological polar surface area (TPSA) is 97.8 Å². The Morgan fingerprint density at radius 3 is 1.43 bits per heavy atom. The Balaban J connectivity index is 1.86. The SMILES string of the molecule is C=CCC(O)c1c2nc(c(CCCCCC)c3ccc([nH]3)c(C(O)CC=C)c3ccc([nH]3)c(CCCCCC)c3nc1C=C3)C=C2. The van der Waals surface area contributed by atoms with Crippen LogP contribution in [0.25, 0.3) is 46.4 Å². The van der Waals surface area contributed by atoms with Gasteiger partial charge in [-0.15, -0.1) is 13.2 Å². The molecule has 46 heavy (non-hydrogen) atoms. The van der Waals surface area contributed by atoms with E-state index >= 15 is 0 Å². The molecular weight excluding hydrogens is 568 g/mol. The van der Waals surface area contributed by atoms with E-state index in [2.05, 4.69) is 73.4 Å². The Bertz CT molecular complexity index is 1650. The van der Waals surface area contributed by atoms with E-state index in [-0.39, 0.29) is 0 Å². The molecule has 0 radical (unpaired) electrons. The van der Waals surface area contributed by atoms with Crippen molar-refractivity contribution in [3.05, 3.63) is 94.6 Å². The molecule has 0 saturated carbocycles. The summed E-state index contributed by atoms with van der Waals surface area (Å²) in [6.45, 7) is 12.2. The van der Waals surface area contributed by atoms with Crippen LogP contribution in [0.3, 0.4) is 0 Å². The maximum Gasteiger partial charge on any atom is 0.0866 e. The largest absolute Gasteiger partial charge is 0.388 e. The van der Waals surface area contributed by atoms with Crippen LogP contribution >= 0.6 is 0 Å². The van der Waals surface area contributed by atoms with E-state index < -0.39 is 12.2 Å². The Morgan fingerprint density at radius 1 is 0.587 bits per heavy atom. The highest BCUT2D eigenvalue weighted by atomic mass is 16.3. The number of aromatic amines is 2. The number of hydrogen-bond acceptors (Lipinski definition) is 4. The van der Waals surface area contributed by atoms with Crippen molar-refractivity contribution in [3.63, 3.8) is 0 Å². The Kier molecular flexibility index (Phi) is 11.6. The zero-order chi connectivity index (χ0) is 32.5. The maximum atomic E-state index is 11.4. The summed E-state index contributed by atoms with van der Waals surface area (Å²) in [7, 11) is 0. The second-order valence-electron chi connectivity index (χ2n) is 12.5. The van der Waals surface area contributed by atoms with Crippen LogP contribution < -0.4 is 0 Å². The summed E-state index contributed by atoms with van der Waals surface area (Å²) in [6.07, 6.45) is 21.9. The van der Waals surface area contributed by atoms with Crippen molar-refractivity contribution in [2.24, 2.45) is 0 Å². The molecule has 0 amide bonds. The van der Waals surface area contributed by atoms with Gasteiger partial charge in [-0.1, -0.05) is 64.5 Å². The molecule has 242 valence electrons. The van der Waals surface area contributed by atoms with Gasteiger partial charge in [0.05, 0.1) is 35.0 Å². The Labute approximate surface area is 273 Å². The molecule has 5 heterocycles. The fourth-order valence-corrected chi connectivity index (χ4v) is 6.60. The van der Waals surface area contributed by atoms with Crippen molar-refractivity contribution in [1.29, 1.82) is 0 Å². The first-order valence-electron chi connectivity index (χ1n) is 17.2. The van der Waals surface area contributed by atoms with Crippen molar-refractivity contribution in [2.75, 3.05) is 0 Å². The molecule has 0 aromatic carbocycles. The Hall–Kier alpha value is -4.00. The van der Waals surface area contributed by atoms with Gasteiger partial charge in [-0.05, 0) is 87.1 Å². The van der Waals surface area contributed by atoms with Crippen molar-refractivity contribution in [2.45, 2.75) is 103 Å². The van der Waals surface area contributed by atoms with Gasteiger partial charge >= 0.3 is 0 Å². The van der Waals surface area contributed by atoms with Crippen molar-refractivity contribution in [1.82, 2.24) is 19.9 Å². The standard InChI is InChI=1S/C40H50N4O2/c1-5-9-11-13-17-27-29-19-23-33(41-29)39(37(45)15-7-3)35-25-21-31(43-35)28(18-14-12-10-6-2)32-22-26-36(44-32)40(38(46)16-8-4)34-24-20-30(27)42-34/h7-8,19-26,37-38,41,43,45-46H,3-6,9-18H2,1-2H3. The van der Waals surface area contributed by atoms with E-state index in [1.165, 1.54) is 25.7 Å². The van der Waals surface area contributed by atoms with Crippen LogP contribution in [0, 0.1) is 0 Å². The van der Waals surface area contributed by atoms with Crippen LogP contribution in [-0.2, 0) is 12.8 Å². The van der Waals surface area contributed by atoms with Gasteiger partial charge < -0.3 is 20.2 Å². The molecule has 3 aromatic rings. The van der Waals surface area contributed by atoms with Gasteiger partial charge in [0.1, 0.15) is 0 Å². The second kappa shape index (κ2) is 16.0. The summed E-state index contributed by atoms with van der Waals surface area (Å²) >= 11 is 0. The van der Waals surface area contributed by atoms with Crippen LogP contribution in [0.1, 0.15) is 135 Å². The Morgan fingerprint density at radius 2 is 1.00 bits per heavy atom. The molecule has 3 aromatic heterocycles. The summed E-state index contributed by atoms with van der Waals surface area (Å²) in [4.78, 5) is 17.6. The average molecular weight is 619 g/mol. The van der Waals surface area contributed by atoms with E-state index in [4.69, 9.17) is 9.97 Å². The summed E-state index contributed by atoms with van der Waals surface area (Å²) in [5.41, 5.74) is 10.8. The van der Waals surface area contributed by atoms with Crippen LogP contribution in [0.5, 0.6) is 0 Å². The smallest absolute Gasteiger partial charge is 0.0866 e. The minimum absolute atomic E-state index is 0.409. The van der Waals surface area contributed by atoms with Crippen LogP contribution in [-0.4, -0.2) is 30.1 Å². The van der Waals surface area contributed by atoms with Gasteiger partial charge in [0.2, 0.25) is 0 Å². The van der Waals surface area contributed by atoms with Gasteiger partial charge in [-0.2, -0.15) is 0 Å². The highest BCUT2D eigenvalue weighted by Gasteiger charge is 2.21. The highest BCUT2D eigenvalue weighted by Crippen LogP contribution is 2.33. The van der Waals surface area contributed by atoms with Gasteiger partial charge in [0.15, 0.2) is 0 Å². The monoisotopic (exact) mass is 618 g/mol. The van der Waals surface area contributed by atoms with Crippen LogP contribution in [0.2, 0.25) is 0 Å². The fourth-order valence-electron chi connectivity index (χ4n) is 6.60. The molecule has 6 heteroatoms. The number of fused-ring (bicyclic) bond motifs is 8. The van der Waals surface area contributed by atoms with Crippen LogP contribution in [0.4, 0.5) is 0 Å². The van der Waals surface area contributed by atoms with Crippen molar-refractivity contribution >= 4 is 46.4 Å². The number of aliphatic hydroxyl groups is 2. The first-order valence-corrected chi connectivity index (χ1v) is 17.2. The lowest BCUT2D eigenvalue weighted by atomic mass is 10.0. The summed E-state index contributed by atoms with van der Waals surface area (Å²) in [6, 6.07) is 8.34. The lowest BCUT2D eigenvalue weighted by Crippen LogP contribution is -2.02. The number of nitrogens with one attached hydrogen (secondary N) is 2. The maximum absolute atomic E-state index is 11.4. The zero-order valence-electron chi connectivity index (χ0n) is 27.6. The first kappa shape index (κ1) is 33.4. The molecule has 2 aliphatic heterocycles. The third-order valence-electron chi connectivity index (χ3n) is 9.06. The molecule has 5 rings (SSSR count). The molecule has 2 aliphatic rings. The summed E-state index contributed by atoms with van der Waals surface area (Å²) in [5, 5.41) is 22.8. The minimum atomic E-state index is -0.777. The molecule has 2 unspecified atom stereocenters. The molecular formula is C40H50N4O2. The molecule has 4 N–H and O–H groups in total. The fraction of sp³-hybridized carbons (Fsp3) is 0.400. The number of rotatable bonds is 16. The zero-order valence-corrected chi connectivity index (χ0v) is 27.6. The molecule has 8 bridgehead atoms. The van der Waals surface area contributed by atoms with E-state index in [1.54, 1.807) is 12.2 Å². The third-order valence-corrected chi connectivity index (χ3v) is 9.06. The molecule has 6 nitrogen and oxygen atoms in total. The van der Waals surface area contributed by atoms with E-state index in [0.717, 1.165) is 106 Å². The van der Waals surface area contributed by atoms with E-state index in [1.807, 2.05) is 12.2 Å². The molecule has 2 atom stereocenters. The average Bonchev–Trinajstić information content (AvgIpc) is 3.87. The predicted molar refractivity (Wildman–Crippen MR) is 194 cm³/mol. The van der Waals surface area contributed by atoms with Gasteiger partial charge in [-0.3, -0.25) is 0 Å². The first-order chi connectivity index (χ1) is 22.5. The number of hydrogen-bond donors (Lipinski definition) is 4. The number of aromatic nitrogens is 4. The third kappa shape index (κ3) is 7.51. The number of aliphatic hydroxyl groups excluding tert-OH is 2. The molecule has 0 saturated heterocycles. The lowest BCUT2D eigenvalue weighted by molar-refractivity contribution is 0.180. The van der Waals surface area contributed by atoms with E-state index in [9.17, 15) is 10.2 Å².